The third kappa shape index (κ3) is 4.18. The Kier molecular flexibility index (Phi) is 6.18. The first kappa shape index (κ1) is 19.3. The van der Waals surface area contributed by atoms with E-state index < -0.39 is 0 Å². The van der Waals surface area contributed by atoms with E-state index in [0.717, 1.165) is 43.9 Å². The van der Waals surface area contributed by atoms with Crippen LogP contribution in [0.25, 0.3) is 0 Å². The van der Waals surface area contributed by atoms with Gasteiger partial charge in [0.1, 0.15) is 0 Å². The lowest BCUT2D eigenvalue weighted by molar-refractivity contribution is 0.145. The van der Waals surface area contributed by atoms with E-state index in [1.807, 2.05) is 12.1 Å². The molecule has 150 valence electrons. The molecule has 1 saturated carbocycles. The van der Waals surface area contributed by atoms with Crippen LogP contribution < -0.4 is 9.47 Å². The summed E-state index contributed by atoms with van der Waals surface area (Å²) in [6, 6.07) is 17.0. The molecular weight excluding hydrogens is 350 g/mol. The predicted molar refractivity (Wildman–Crippen MR) is 111 cm³/mol. The SMILES string of the molecule is COc1ccc([C@@H]2CCN(Cc3ccccc3)[C@H]2CO)cc1OC1CCCC1. The molecule has 4 heteroatoms. The maximum atomic E-state index is 10.1. The average molecular weight is 382 g/mol. The molecule has 0 radical (unpaired) electrons. The Morgan fingerprint density at radius 3 is 2.50 bits per heavy atom. The number of rotatable bonds is 7. The fourth-order valence-corrected chi connectivity index (χ4v) is 4.77. The summed E-state index contributed by atoms with van der Waals surface area (Å²) in [4.78, 5) is 2.40. The van der Waals surface area contributed by atoms with Crippen molar-refractivity contribution in [3.05, 3.63) is 59.7 Å². The van der Waals surface area contributed by atoms with Gasteiger partial charge in [0.15, 0.2) is 11.5 Å². The van der Waals surface area contributed by atoms with Gasteiger partial charge in [-0.25, -0.2) is 0 Å². The van der Waals surface area contributed by atoms with Crippen molar-refractivity contribution < 1.29 is 14.6 Å². The number of aliphatic hydroxyl groups excluding tert-OH is 1. The largest absolute Gasteiger partial charge is 0.493 e. The standard InChI is InChI=1S/C24H31NO3/c1-27-23-12-11-19(15-24(23)28-20-9-5-6-10-20)21-13-14-25(22(21)17-26)16-18-7-3-2-4-8-18/h2-4,7-8,11-12,15,20-22,26H,5-6,9-10,13-14,16-17H2,1H3/t21-,22-/m0/s1. The number of nitrogens with zero attached hydrogens (tertiary/aromatic N) is 1. The molecule has 4 nitrogen and oxygen atoms in total. The minimum absolute atomic E-state index is 0.132. The maximum Gasteiger partial charge on any atom is 0.161 e. The third-order valence-corrected chi connectivity index (χ3v) is 6.29. The summed E-state index contributed by atoms with van der Waals surface area (Å²) in [5.74, 6) is 1.96. The Balaban J connectivity index is 1.52. The van der Waals surface area contributed by atoms with Crippen molar-refractivity contribution >= 4 is 0 Å². The van der Waals surface area contributed by atoms with E-state index in [1.54, 1.807) is 7.11 Å². The van der Waals surface area contributed by atoms with Crippen molar-refractivity contribution in [1.29, 1.82) is 0 Å². The Hall–Kier alpha value is -2.04. The molecule has 2 fully saturated rings. The third-order valence-electron chi connectivity index (χ3n) is 6.29. The zero-order valence-electron chi connectivity index (χ0n) is 16.7. The second-order valence-electron chi connectivity index (χ2n) is 8.04. The van der Waals surface area contributed by atoms with Gasteiger partial charge < -0.3 is 14.6 Å². The van der Waals surface area contributed by atoms with Crippen LogP contribution in [0.5, 0.6) is 11.5 Å². The van der Waals surface area contributed by atoms with Gasteiger partial charge in [-0.2, -0.15) is 0 Å². The van der Waals surface area contributed by atoms with E-state index in [0.29, 0.717) is 12.0 Å². The molecular formula is C24H31NO3. The summed E-state index contributed by atoms with van der Waals surface area (Å²) >= 11 is 0. The quantitative estimate of drug-likeness (QED) is 0.773. The molecule has 4 rings (SSSR count). The highest BCUT2D eigenvalue weighted by Crippen LogP contribution is 2.39. The van der Waals surface area contributed by atoms with Crippen molar-refractivity contribution in [1.82, 2.24) is 4.90 Å². The average Bonchev–Trinajstić information content (AvgIpc) is 3.38. The summed E-state index contributed by atoms with van der Waals surface area (Å²) in [6.45, 7) is 2.04. The Morgan fingerprint density at radius 1 is 1.00 bits per heavy atom. The number of likely N-dealkylation sites (tertiary alicyclic amines) is 1. The molecule has 28 heavy (non-hydrogen) atoms. The van der Waals surface area contributed by atoms with Crippen LogP contribution in [0.1, 0.15) is 49.1 Å². The molecule has 2 atom stereocenters. The number of methoxy groups -OCH3 is 1. The normalized spacial score (nSPS) is 23.2. The molecule has 1 heterocycles. The van der Waals surface area contributed by atoms with E-state index in [-0.39, 0.29) is 12.6 Å². The molecule has 2 aromatic rings. The highest BCUT2D eigenvalue weighted by molar-refractivity contribution is 5.45. The zero-order valence-corrected chi connectivity index (χ0v) is 16.7. The molecule has 0 spiro atoms. The fraction of sp³-hybridized carbons (Fsp3) is 0.500. The van der Waals surface area contributed by atoms with Crippen LogP contribution >= 0.6 is 0 Å². The minimum Gasteiger partial charge on any atom is -0.493 e. The molecule has 1 aliphatic carbocycles. The highest BCUT2D eigenvalue weighted by Gasteiger charge is 2.35. The first-order valence-electron chi connectivity index (χ1n) is 10.5. The number of benzene rings is 2. The van der Waals surface area contributed by atoms with Crippen LogP contribution in [-0.4, -0.2) is 42.4 Å². The van der Waals surface area contributed by atoms with Crippen molar-refractivity contribution in [2.75, 3.05) is 20.3 Å². The number of hydrogen-bond acceptors (Lipinski definition) is 4. The summed E-state index contributed by atoms with van der Waals surface area (Å²) in [7, 11) is 1.70. The highest BCUT2D eigenvalue weighted by atomic mass is 16.5. The Morgan fingerprint density at radius 2 is 1.79 bits per heavy atom. The van der Waals surface area contributed by atoms with Crippen molar-refractivity contribution in [2.24, 2.45) is 0 Å². The van der Waals surface area contributed by atoms with Gasteiger partial charge in [0.05, 0.1) is 19.8 Å². The van der Waals surface area contributed by atoms with Crippen LogP contribution in [0.15, 0.2) is 48.5 Å². The minimum atomic E-state index is 0.132. The Labute approximate surface area is 168 Å². The van der Waals surface area contributed by atoms with Crippen LogP contribution in [-0.2, 0) is 6.54 Å². The molecule has 1 saturated heterocycles. The van der Waals surface area contributed by atoms with Crippen molar-refractivity contribution in [3.8, 4) is 11.5 Å². The molecule has 0 amide bonds. The summed E-state index contributed by atoms with van der Waals surface area (Å²) in [5, 5.41) is 10.1. The van der Waals surface area contributed by atoms with Gasteiger partial charge >= 0.3 is 0 Å². The smallest absolute Gasteiger partial charge is 0.161 e. The van der Waals surface area contributed by atoms with Gasteiger partial charge in [-0.15, -0.1) is 0 Å². The van der Waals surface area contributed by atoms with E-state index in [4.69, 9.17) is 9.47 Å². The summed E-state index contributed by atoms with van der Waals surface area (Å²) in [6.07, 6.45) is 6.10. The van der Waals surface area contributed by atoms with Gasteiger partial charge in [-0.05, 0) is 61.9 Å². The van der Waals surface area contributed by atoms with E-state index in [9.17, 15) is 5.11 Å². The topological polar surface area (TPSA) is 41.9 Å². The lowest BCUT2D eigenvalue weighted by Crippen LogP contribution is -2.34. The second kappa shape index (κ2) is 8.97. The summed E-state index contributed by atoms with van der Waals surface area (Å²) < 4.78 is 11.8. The number of ether oxygens (including phenoxy) is 2. The number of hydrogen-bond donors (Lipinski definition) is 1. The van der Waals surface area contributed by atoms with Gasteiger partial charge in [0.25, 0.3) is 0 Å². The fourth-order valence-electron chi connectivity index (χ4n) is 4.77. The molecule has 0 aromatic heterocycles. The maximum absolute atomic E-state index is 10.1. The zero-order chi connectivity index (χ0) is 19.3. The number of aliphatic hydroxyl groups is 1. The molecule has 0 unspecified atom stereocenters. The summed E-state index contributed by atoms with van der Waals surface area (Å²) in [5.41, 5.74) is 2.53. The first-order chi connectivity index (χ1) is 13.8. The second-order valence-corrected chi connectivity index (χ2v) is 8.04. The van der Waals surface area contributed by atoms with E-state index in [2.05, 4.69) is 41.3 Å². The van der Waals surface area contributed by atoms with Crippen LogP contribution in [0.2, 0.25) is 0 Å². The van der Waals surface area contributed by atoms with Gasteiger partial charge in [0.2, 0.25) is 0 Å². The predicted octanol–water partition coefficient (Wildman–Crippen LogP) is 4.37. The van der Waals surface area contributed by atoms with E-state index in [1.165, 1.54) is 24.0 Å². The van der Waals surface area contributed by atoms with Crippen LogP contribution in [0, 0.1) is 0 Å². The van der Waals surface area contributed by atoms with Crippen LogP contribution in [0.4, 0.5) is 0 Å². The molecule has 0 bridgehead atoms. The molecule has 2 aromatic carbocycles. The molecule has 1 aliphatic heterocycles. The van der Waals surface area contributed by atoms with Crippen molar-refractivity contribution in [2.45, 2.75) is 56.7 Å². The molecule has 1 N–H and O–H groups in total. The lowest BCUT2D eigenvalue weighted by atomic mass is 9.91. The van der Waals surface area contributed by atoms with Gasteiger partial charge in [-0.3, -0.25) is 4.90 Å². The van der Waals surface area contributed by atoms with Gasteiger partial charge in [-0.1, -0.05) is 36.4 Å². The lowest BCUT2D eigenvalue weighted by Gasteiger charge is -2.27. The Bertz CT molecular complexity index is 758. The van der Waals surface area contributed by atoms with Crippen molar-refractivity contribution in [3.63, 3.8) is 0 Å². The van der Waals surface area contributed by atoms with E-state index >= 15 is 0 Å². The monoisotopic (exact) mass is 381 g/mol. The first-order valence-corrected chi connectivity index (χ1v) is 10.5. The van der Waals surface area contributed by atoms with Gasteiger partial charge in [0, 0.05) is 18.5 Å². The molecule has 2 aliphatic rings. The van der Waals surface area contributed by atoms with Crippen LogP contribution in [0.3, 0.4) is 0 Å².